The maximum Gasteiger partial charge on any atom is 0.326 e. The molecule has 0 aliphatic carbocycles. The molecule has 6 nitrogen and oxygen atoms in total. The molecule has 0 bridgehead atoms. The molecule has 0 saturated carbocycles. The van der Waals surface area contributed by atoms with Gasteiger partial charge < -0.3 is 10.0 Å². The first kappa shape index (κ1) is 13.7. The van der Waals surface area contributed by atoms with Crippen molar-refractivity contribution < 1.29 is 9.90 Å². The quantitative estimate of drug-likeness (QED) is 0.892. The third-order valence-corrected chi connectivity index (χ3v) is 3.91. The molecule has 1 aliphatic rings. The molecular weight excluding hydrogens is 244 g/mol. The zero-order chi connectivity index (χ0) is 14.0. The number of aromatic nitrogens is 3. The van der Waals surface area contributed by atoms with Crippen LogP contribution in [0.4, 0.5) is 5.95 Å². The van der Waals surface area contributed by atoms with Gasteiger partial charge in [-0.05, 0) is 32.6 Å². The van der Waals surface area contributed by atoms with Crippen molar-refractivity contribution in [3.8, 4) is 0 Å². The summed E-state index contributed by atoms with van der Waals surface area (Å²) in [6.07, 6.45) is 2.66. The first-order valence-corrected chi connectivity index (χ1v) is 6.70. The number of carboxylic acids is 1. The minimum absolute atomic E-state index is 0.435. The molecule has 0 aromatic carbocycles. The third-order valence-electron chi connectivity index (χ3n) is 3.91. The van der Waals surface area contributed by atoms with Crippen LogP contribution in [0.15, 0.2) is 0 Å². The van der Waals surface area contributed by atoms with Gasteiger partial charge in [0.25, 0.3) is 0 Å². The van der Waals surface area contributed by atoms with E-state index < -0.39 is 12.0 Å². The Morgan fingerprint density at radius 3 is 2.68 bits per heavy atom. The molecule has 1 N–H and O–H groups in total. The van der Waals surface area contributed by atoms with Crippen molar-refractivity contribution in [1.82, 2.24) is 15.2 Å². The Balaban J connectivity index is 2.26. The Hall–Kier alpha value is -1.72. The van der Waals surface area contributed by atoms with Crippen LogP contribution in [0.1, 0.15) is 37.6 Å². The van der Waals surface area contributed by atoms with Crippen LogP contribution in [0.2, 0.25) is 0 Å². The van der Waals surface area contributed by atoms with Gasteiger partial charge in [0.15, 0.2) is 0 Å². The highest BCUT2D eigenvalue weighted by molar-refractivity contribution is 5.77. The molecule has 1 aromatic heterocycles. The van der Waals surface area contributed by atoms with Gasteiger partial charge in [0.05, 0.1) is 11.4 Å². The summed E-state index contributed by atoms with van der Waals surface area (Å²) < 4.78 is 0. The molecule has 19 heavy (non-hydrogen) atoms. The minimum Gasteiger partial charge on any atom is -0.480 e. The Labute approximate surface area is 112 Å². The first-order valence-electron chi connectivity index (χ1n) is 6.70. The van der Waals surface area contributed by atoms with Crippen LogP contribution in [-0.2, 0) is 4.79 Å². The van der Waals surface area contributed by atoms with Gasteiger partial charge in [-0.2, -0.15) is 5.10 Å². The molecule has 1 saturated heterocycles. The highest BCUT2D eigenvalue weighted by atomic mass is 16.4. The minimum atomic E-state index is -0.806. The summed E-state index contributed by atoms with van der Waals surface area (Å²) >= 11 is 0. The van der Waals surface area contributed by atoms with Gasteiger partial charge in [0, 0.05) is 6.54 Å². The molecule has 1 fully saturated rings. The molecule has 104 valence electrons. The Morgan fingerprint density at radius 2 is 2.11 bits per heavy atom. The van der Waals surface area contributed by atoms with Crippen molar-refractivity contribution in [2.75, 3.05) is 11.4 Å². The van der Waals surface area contributed by atoms with E-state index in [0.29, 0.717) is 24.8 Å². The summed E-state index contributed by atoms with van der Waals surface area (Å²) in [6.45, 7) is 6.49. The number of anilines is 1. The van der Waals surface area contributed by atoms with E-state index in [0.717, 1.165) is 24.2 Å². The smallest absolute Gasteiger partial charge is 0.326 e. The highest BCUT2D eigenvalue weighted by Crippen LogP contribution is 2.28. The van der Waals surface area contributed by atoms with Gasteiger partial charge in [-0.15, -0.1) is 5.10 Å². The van der Waals surface area contributed by atoms with E-state index in [-0.39, 0.29) is 0 Å². The zero-order valence-corrected chi connectivity index (χ0v) is 11.6. The summed E-state index contributed by atoms with van der Waals surface area (Å²) in [5.41, 5.74) is 1.57. The topological polar surface area (TPSA) is 79.2 Å². The average molecular weight is 264 g/mol. The molecule has 1 aromatic rings. The van der Waals surface area contributed by atoms with Crippen LogP contribution in [0.3, 0.4) is 0 Å². The molecule has 2 atom stereocenters. The number of carboxylic acid groups (broad SMARTS) is 1. The van der Waals surface area contributed by atoms with E-state index >= 15 is 0 Å². The van der Waals surface area contributed by atoms with E-state index in [2.05, 4.69) is 22.1 Å². The summed E-state index contributed by atoms with van der Waals surface area (Å²) in [7, 11) is 0. The number of piperidine rings is 1. The molecule has 0 spiro atoms. The van der Waals surface area contributed by atoms with Crippen molar-refractivity contribution in [2.45, 2.75) is 46.1 Å². The fourth-order valence-electron chi connectivity index (χ4n) is 2.45. The van der Waals surface area contributed by atoms with Crippen LogP contribution < -0.4 is 4.90 Å². The third kappa shape index (κ3) is 2.83. The molecule has 0 radical (unpaired) electrons. The lowest BCUT2D eigenvalue weighted by Gasteiger charge is -2.36. The normalized spacial score (nSPS) is 23.4. The predicted molar refractivity (Wildman–Crippen MR) is 71.1 cm³/mol. The monoisotopic (exact) mass is 264 g/mol. The number of carbonyl (C=O) groups is 1. The predicted octanol–water partition coefficient (Wildman–Crippen LogP) is 1.57. The van der Waals surface area contributed by atoms with Crippen LogP contribution in [0, 0.1) is 19.8 Å². The largest absolute Gasteiger partial charge is 0.480 e. The maximum absolute atomic E-state index is 11.4. The maximum atomic E-state index is 11.4. The van der Waals surface area contributed by atoms with E-state index in [1.807, 2.05) is 13.8 Å². The second-order valence-electron chi connectivity index (χ2n) is 5.13. The van der Waals surface area contributed by atoms with Crippen LogP contribution in [-0.4, -0.2) is 38.8 Å². The van der Waals surface area contributed by atoms with E-state index in [9.17, 15) is 9.90 Å². The molecule has 0 amide bonds. The molecule has 2 rings (SSSR count). The standard InChI is InChI=1S/C13H20N4O2/c1-4-10-5-6-17(11(7-10)12(18)19)13-14-8(2)9(3)15-16-13/h10-11H,4-7H2,1-3H3,(H,18,19). The van der Waals surface area contributed by atoms with Gasteiger partial charge in [-0.1, -0.05) is 13.3 Å². The fraction of sp³-hybridized carbons (Fsp3) is 0.692. The van der Waals surface area contributed by atoms with Crippen molar-refractivity contribution >= 4 is 11.9 Å². The lowest BCUT2D eigenvalue weighted by Crippen LogP contribution is -2.48. The second-order valence-corrected chi connectivity index (χ2v) is 5.13. The van der Waals surface area contributed by atoms with E-state index in [1.165, 1.54) is 0 Å². The average Bonchev–Trinajstić information content (AvgIpc) is 2.41. The Kier molecular flexibility index (Phi) is 3.97. The van der Waals surface area contributed by atoms with Gasteiger partial charge in [-0.25, -0.2) is 9.78 Å². The zero-order valence-electron chi connectivity index (χ0n) is 11.6. The molecule has 1 aliphatic heterocycles. The number of rotatable bonds is 3. The van der Waals surface area contributed by atoms with Crippen molar-refractivity contribution in [1.29, 1.82) is 0 Å². The van der Waals surface area contributed by atoms with Crippen LogP contribution in [0.25, 0.3) is 0 Å². The lowest BCUT2D eigenvalue weighted by molar-refractivity contribution is -0.139. The van der Waals surface area contributed by atoms with Gasteiger partial charge in [0.1, 0.15) is 6.04 Å². The van der Waals surface area contributed by atoms with Gasteiger partial charge >= 0.3 is 5.97 Å². The lowest BCUT2D eigenvalue weighted by atomic mass is 9.89. The van der Waals surface area contributed by atoms with Gasteiger partial charge in [-0.3, -0.25) is 0 Å². The molecule has 2 unspecified atom stereocenters. The number of aliphatic carboxylic acids is 1. The SMILES string of the molecule is CCC1CCN(c2nnc(C)c(C)n2)C(C(=O)O)C1. The van der Waals surface area contributed by atoms with Crippen LogP contribution >= 0.6 is 0 Å². The van der Waals surface area contributed by atoms with Crippen molar-refractivity contribution in [3.63, 3.8) is 0 Å². The number of nitrogens with zero attached hydrogens (tertiary/aromatic N) is 4. The van der Waals surface area contributed by atoms with E-state index in [1.54, 1.807) is 4.90 Å². The molecular formula is C13H20N4O2. The van der Waals surface area contributed by atoms with Crippen molar-refractivity contribution in [3.05, 3.63) is 11.4 Å². The second kappa shape index (κ2) is 5.50. The number of hydrogen-bond acceptors (Lipinski definition) is 5. The highest BCUT2D eigenvalue weighted by Gasteiger charge is 2.34. The van der Waals surface area contributed by atoms with Gasteiger partial charge in [0.2, 0.25) is 5.95 Å². The summed E-state index contributed by atoms with van der Waals surface area (Å²) in [5, 5.41) is 17.5. The Morgan fingerprint density at radius 1 is 1.37 bits per heavy atom. The number of hydrogen-bond donors (Lipinski definition) is 1. The first-order chi connectivity index (χ1) is 9.02. The Bertz CT molecular complexity index is 478. The number of aryl methyl sites for hydroxylation is 2. The summed E-state index contributed by atoms with van der Waals surface area (Å²) in [6, 6.07) is -0.539. The van der Waals surface area contributed by atoms with Crippen molar-refractivity contribution in [2.24, 2.45) is 5.92 Å². The summed E-state index contributed by atoms with van der Waals surface area (Å²) in [5.74, 6) is 0.0990. The molecule has 2 heterocycles. The molecule has 6 heteroatoms. The fourth-order valence-corrected chi connectivity index (χ4v) is 2.45. The summed E-state index contributed by atoms with van der Waals surface area (Å²) in [4.78, 5) is 17.6. The van der Waals surface area contributed by atoms with E-state index in [4.69, 9.17) is 0 Å². The van der Waals surface area contributed by atoms with Crippen LogP contribution in [0.5, 0.6) is 0 Å².